The lowest BCUT2D eigenvalue weighted by Crippen LogP contribution is -2.03. The Hall–Kier alpha value is -0.840. The van der Waals surface area contributed by atoms with Crippen molar-refractivity contribution < 1.29 is 9.47 Å². The summed E-state index contributed by atoms with van der Waals surface area (Å²) >= 11 is 3.29. The summed E-state index contributed by atoms with van der Waals surface area (Å²) in [6.45, 7) is 0.690. The van der Waals surface area contributed by atoms with Crippen LogP contribution in [-0.4, -0.2) is 23.7 Å². The Balaban J connectivity index is 1.89. The fourth-order valence-electron chi connectivity index (χ4n) is 1.27. The van der Waals surface area contributed by atoms with Gasteiger partial charge in [-0.15, -0.1) is 0 Å². The van der Waals surface area contributed by atoms with Crippen molar-refractivity contribution in [2.45, 2.75) is 19.3 Å². The average molecular weight is 273 g/mol. The van der Waals surface area contributed by atoms with Crippen LogP contribution in [0.5, 0.6) is 11.9 Å². The Morgan fingerprint density at radius 1 is 1.53 bits per heavy atom. The Bertz CT molecular complexity index is 342. The van der Waals surface area contributed by atoms with E-state index in [4.69, 9.17) is 9.47 Å². The van der Waals surface area contributed by atoms with Gasteiger partial charge in [-0.3, -0.25) is 0 Å². The van der Waals surface area contributed by atoms with E-state index in [1.54, 1.807) is 13.3 Å². The molecule has 0 aliphatic heterocycles. The highest BCUT2D eigenvalue weighted by molar-refractivity contribution is 9.10. The molecule has 1 aromatic heterocycles. The van der Waals surface area contributed by atoms with Crippen LogP contribution >= 0.6 is 15.9 Å². The Morgan fingerprint density at radius 2 is 2.33 bits per heavy atom. The second-order valence-electron chi connectivity index (χ2n) is 3.59. The second-order valence-corrected chi connectivity index (χ2v) is 4.44. The molecule has 1 aliphatic rings. The van der Waals surface area contributed by atoms with Crippen LogP contribution in [0.15, 0.2) is 10.7 Å². The molecule has 1 heterocycles. The van der Waals surface area contributed by atoms with Gasteiger partial charge in [0.25, 0.3) is 0 Å². The Morgan fingerprint density at radius 3 is 3.00 bits per heavy atom. The molecule has 1 aliphatic carbocycles. The predicted molar refractivity (Wildman–Crippen MR) is 59.1 cm³/mol. The summed E-state index contributed by atoms with van der Waals surface area (Å²) in [5.74, 6) is 1.37. The second kappa shape index (κ2) is 4.79. The highest BCUT2D eigenvalue weighted by Gasteiger charge is 2.20. The lowest BCUT2D eigenvalue weighted by Gasteiger charge is -2.05. The molecular formula is C10H13BrN2O2. The molecule has 0 N–H and O–H groups in total. The van der Waals surface area contributed by atoms with E-state index in [0.717, 1.165) is 16.8 Å². The van der Waals surface area contributed by atoms with Crippen molar-refractivity contribution in [3.63, 3.8) is 0 Å². The summed E-state index contributed by atoms with van der Waals surface area (Å²) < 4.78 is 11.2. The molecule has 0 unspecified atom stereocenters. The van der Waals surface area contributed by atoms with Crippen LogP contribution in [0, 0.1) is 5.92 Å². The molecule has 1 aromatic rings. The van der Waals surface area contributed by atoms with Crippen LogP contribution in [0.3, 0.4) is 0 Å². The first-order valence-corrected chi connectivity index (χ1v) is 5.78. The fourth-order valence-corrected chi connectivity index (χ4v) is 1.63. The molecule has 1 saturated carbocycles. The molecule has 0 amide bonds. The zero-order valence-corrected chi connectivity index (χ0v) is 10.2. The zero-order valence-electron chi connectivity index (χ0n) is 8.57. The van der Waals surface area contributed by atoms with E-state index in [1.807, 2.05) is 0 Å². The first-order chi connectivity index (χ1) is 7.29. The largest absolute Gasteiger partial charge is 0.480 e. The molecule has 82 valence electrons. The maximum atomic E-state index is 5.43. The zero-order chi connectivity index (χ0) is 10.7. The Labute approximate surface area is 97.1 Å². The van der Waals surface area contributed by atoms with E-state index in [9.17, 15) is 0 Å². The minimum absolute atomic E-state index is 0.385. The van der Waals surface area contributed by atoms with Gasteiger partial charge in [-0.2, -0.15) is 4.98 Å². The van der Waals surface area contributed by atoms with Crippen molar-refractivity contribution in [2.24, 2.45) is 5.92 Å². The van der Waals surface area contributed by atoms with Gasteiger partial charge in [0.05, 0.1) is 24.4 Å². The van der Waals surface area contributed by atoms with Gasteiger partial charge in [-0.05, 0) is 28.3 Å². The molecular weight excluding hydrogens is 260 g/mol. The molecule has 4 nitrogen and oxygen atoms in total. The van der Waals surface area contributed by atoms with Crippen LogP contribution in [0.25, 0.3) is 0 Å². The molecule has 0 radical (unpaired) electrons. The number of nitrogens with zero attached hydrogens (tertiary/aromatic N) is 2. The van der Waals surface area contributed by atoms with Crippen molar-refractivity contribution in [3.8, 4) is 11.9 Å². The van der Waals surface area contributed by atoms with Gasteiger partial charge < -0.3 is 9.47 Å². The monoisotopic (exact) mass is 272 g/mol. The number of hydrogen-bond acceptors (Lipinski definition) is 4. The van der Waals surface area contributed by atoms with E-state index in [2.05, 4.69) is 25.9 Å². The van der Waals surface area contributed by atoms with Crippen molar-refractivity contribution in [1.29, 1.82) is 0 Å². The first kappa shape index (κ1) is 10.7. The molecule has 0 spiro atoms. The summed E-state index contributed by atoms with van der Waals surface area (Å²) in [5.41, 5.74) is 0. The van der Waals surface area contributed by atoms with Crippen molar-refractivity contribution in [1.82, 2.24) is 9.97 Å². The Kier molecular flexibility index (Phi) is 3.41. The van der Waals surface area contributed by atoms with E-state index < -0.39 is 0 Å². The quantitative estimate of drug-likeness (QED) is 0.826. The third-order valence-corrected chi connectivity index (χ3v) is 2.88. The van der Waals surface area contributed by atoms with E-state index >= 15 is 0 Å². The third-order valence-electron chi connectivity index (χ3n) is 2.34. The van der Waals surface area contributed by atoms with Crippen molar-refractivity contribution in [2.75, 3.05) is 13.7 Å². The maximum Gasteiger partial charge on any atom is 0.319 e. The number of ether oxygens (including phenoxy) is 2. The summed E-state index contributed by atoms with van der Waals surface area (Å²) in [4.78, 5) is 8.15. The summed E-state index contributed by atoms with van der Waals surface area (Å²) in [6.07, 6.45) is 5.42. The van der Waals surface area contributed by atoms with Crippen LogP contribution in [0.2, 0.25) is 0 Å². The standard InChI is InChI=1S/C10H13BrN2O2/c1-14-9-8(11)6-12-10(13-9)15-5-4-7-2-3-7/h6-7H,2-5H2,1H3. The molecule has 5 heteroatoms. The average Bonchev–Trinajstić information content (AvgIpc) is 3.04. The molecule has 2 rings (SSSR count). The van der Waals surface area contributed by atoms with Gasteiger partial charge in [0, 0.05) is 0 Å². The highest BCUT2D eigenvalue weighted by Crippen LogP contribution is 2.32. The van der Waals surface area contributed by atoms with Gasteiger partial charge in [0.2, 0.25) is 5.88 Å². The number of aromatic nitrogens is 2. The van der Waals surface area contributed by atoms with Crippen molar-refractivity contribution >= 4 is 15.9 Å². The van der Waals surface area contributed by atoms with Gasteiger partial charge in [0.1, 0.15) is 0 Å². The molecule has 1 fully saturated rings. The van der Waals surface area contributed by atoms with Gasteiger partial charge in [0.15, 0.2) is 0 Å². The van der Waals surface area contributed by atoms with Crippen LogP contribution < -0.4 is 9.47 Å². The number of hydrogen-bond donors (Lipinski definition) is 0. The van der Waals surface area contributed by atoms with E-state index in [-0.39, 0.29) is 0 Å². The molecule has 0 aromatic carbocycles. The summed E-state index contributed by atoms with van der Waals surface area (Å²) in [5, 5.41) is 0. The lowest BCUT2D eigenvalue weighted by molar-refractivity contribution is 0.272. The van der Waals surface area contributed by atoms with E-state index in [0.29, 0.717) is 18.5 Å². The van der Waals surface area contributed by atoms with Crippen LogP contribution in [0.4, 0.5) is 0 Å². The normalized spacial score (nSPS) is 15.1. The number of rotatable bonds is 5. The number of halogens is 1. The van der Waals surface area contributed by atoms with Crippen LogP contribution in [-0.2, 0) is 0 Å². The molecule has 0 atom stereocenters. The fraction of sp³-hybridized carbons (Fsp3) is 0.600. The minimum atomic E-state index is 0.385. The minimum Gasteiger partial charge on any atom is -0.480 e. The topological polar surface area (TPSA) is 44.2 Å². The third kappa shape index (κ3) is 3.06. The lowest BCUT2D eigenvalue weighted by atomic mass is 10.3. The number of methoxy groups -OCH3 is 1. The molecule has 15 heavy (non-hydrogen) atoms. The summed E-state index contributed by atoms with van der Waals surface area (Å²) in [7, 11) is 1.57. The van der Waals surface area contributed by atoms with Gasteiger partial charge >= 0.3 is 6.01 Å². The van der Waals surface area contributed by atoms with Crippen molar-refractivity contribution in [3.05, 3.63) is 10.7 Å². The smallest absolute Gasteiger partial charge is 0.319 e. The van der Waals surface area contributed by atoms with Gasteiger partial charge in [-0.1, -0.05) is 12.8 Å². The predicted octanol–water partition coefficient (Wildman–Crippen LogP) is 2.43. The molecule has 0 saturated heterocycles. The molecule has 0 bridgehead atoms. The van der Waals surface area contributed by atoms with E-state index in [1.165, 1.54) is 12.8 Å². The SMILES string of the molecule is COc1nc(OCCC2CC2)ncc1Br. The maximum absolute atomic E-state index is 5.43. The van der Waals surface area contributed by atoms with Gasteiger partial charge in [-0.25, -0.2) is 4.98 Å². The highest BCUT2D eigenvalue weighted by atomic mass is 79.9. The first-order valence-electron chi connectivity index (χ1n) is 4.99. The van der Waals surface area contributed by atoms with Crippen LogP contribution in [0.1, 0.15) is 19.3 Å². The summed E-state index contributed by atoms with van der Waals surface area (Å²) in [6, 6.07) is 0.385.